The first kappa shape index (κ1) is 11.2. The Morgan fingerprint density at radius 1 is 1.06 bits per heavy atom. The number of nitrogens with one attached hydrogen (secondary N) is 2. The Labute approximate surface area is 106 Å². The van der Waals surface area contributed by atoms with Crippen molar-refractivity contribution in [2.75, 3.05) is 18.4 Å². The van der Waals surface area contributed by atoms with Crippen LogP contribution in [-0.2, 0) is 0 Å². The Hall–Kier alpha value is -1.94. The number of nitrogens with zero attached hydrogens (tertiary/aromatic N) is 2. The van der Waals surface area contributed by atoms with Crippen LogP contribution >= 0.6 is 0 Å². The first-order valence-corrected chi connectivity index (χ1v) is 6.28. The third-order valence-corrected chi connectivity index (χ3v) is 3.15. The maximum Gasteiger partial charge on any atom is 0.148 e. The van der Waals surface area contributed by atoms with Crippen molar-refractivity contribution >= 4 is 5.82 Å². The van der Waals surface area contributed by atoms with Gasteiger partial charge in [-0.1, -0.05) is 30.3 Å². The van der Waals surface area contributed by atoms with Gasteiger partial charge in [-0.25, -0.2) is 0 Å². The molecule has 1 unspecified atom stereocenters. The van der Waals surface area contributed by atoms with E-state index < -0.39 is 0 Å². The molecule has 0 amide bonds. The van der Waals surface area contributed by atoms with Crippen molar-refractivity contribution in [1.29, 1.82) is 0 Å². The highest BCUT2D eigenvalue weighted by atomic mass is 15.2. The molecule has 0 spiro atoms. The monoisotopic (exact) mass is 240 g/mol. The summed E-state index contributed by atoms with van der Waals surface area (Å²) in [6, 6.07) is 14.6. The molecule has 2 heterocycles. The highest BCUT2D eigenvalue weighted by molar-refractivity contribution is 5.59. The molecule has 1 saturated heterocycles. The average Bonchev–Trinajstić information content (AvgIpc) is 2.94. The summed E-state index contributed by atoms with van der Waals surface area (Å²) >= 11 is 0. The quantitative estimate of drug-likeness (QED) is 0.860. The van der Waals surface area contributed by atoms with E-state index in [0.717, 1.165) is 36.6 Å². The minimum atomic E-state index is 0.474. The van der Waals surface area contributed by atoms with Crippen molar-refractivity contribution in [3.63, 3.8) is 0 Å². The predicted octanol–water partition coefficient (Wildman–Crippen LogP) is 1.92. The van der Waals surface area contributed by atoms with Gasteiger partial charge >= 0.3 is 0 Å². The number of benzene rings is 1. The van der Waals surface area contributed by atoms with E-state index in [-0.39, 0.29) is 0 Å². The zero-order valence-electron chi connectivity index (χ0n) is 10.1. The van der Waals surface area contributed by atoms with Gasteiger partial charge < -0.3 is 10.6 Å². The van der Waals surface area contributed by atoms with Gasteiger partial charge in [-0.3, -0.25) is 0 Å². The molecule has 1 aliphatic rings. The molecule has 1 fully saturated rings. The smallest absolute Gasteiger partial charge is 0.148 e. The van der Waals surface area contributed by atoms with Crippen LogP contribution in [0.1, 0.15) is 6.42 Å². The van der Waals surface area contributed by atoms with Gasteiger partial charge in [0, 0.05) is 18.2 Å². The fourth-order valence-electron chi connectivity index (χ4n) is 2.16. The van der Waals surface area contributed by atoms with E-state index >= 15 is 0 Å². The molecule has 1 aliphatic heterocycles. The Morgan fingerprint density at radius 2 is 1.94 bits per heavy atom. The second-order valence-electron chi connectivity index (χ2n) is 4.50. The molecule has 0 aliphatic carbocycles. The van der Waals surface area contributed by atoms with E-state index in [9.17, 15) is 0 Å². The number of hydrogen-bond donors (Lipinski definition) is 2. The van der Waals surface area contributed by atoms with Crippen molar-refractivity contribution < 1.29 is 0 Å². The van der Waals surface area contributed by atoms with E-state index in [0.29, 0.717) is 6.04 Å². The van der Waals surface area contributed by atoms with Crippen molar-refractivity contribution in [3.8, 4) is 11.3 Å². The maximum atomic E-state index is 4.26. The summed E-state index contributed by atoms with van der Waals surface area (Å²) in [6.07, 6.45) is 1.14. The van der Waals surface area contributed by atoms with Crippen molar-refractivity contribution in [1.82, 2.24) is 15.5 Å². The lowest BCUT2D eigenvalue weighted by atomic mass is 10.1. The Kier molecular flexibility index (Phi) is 3.19. The second kappa shape index (κ2) is 5.14. The van der Waals surface area contributed by atoms with Crippen LogP contribution < -0.4 is 10.6 Å². The van der Waals surface area contributed by atoms with Gasteiger partial charge in [0.1, 0.15) is 5.82 Å². The van der Waals surface area contributed by atoms with Crippen LogP contribution in [0.3, 0.4) is 0 Å². The van der Waals surface area contributed by atoms with Crippen LogP contribution in [0.15, 0.2) is 42.5 Å². The molecule has 2 N–H and O–H groups in total. The number of anilines is 1. The van der Waals surface area contributed by atoms with E-state index in [1.54, 1.807) is 0 Å². The third-order valence-electron chi connectivity index (χ3n) is 3.15. The Morgan fingerprint density at radius 3 is 2.61 bits per heavy atom. The first-order chi connectivity index (χ1) is 8.92. The van der Waals surface area contributed by atoms with Crippen LogP contribution in [0.4, 0.5) is 5.82 Å². The molecule has 0 bridgehead atoms. The largest absolute Gasteiger partial charge is 0.365 e. The van der Waals surface area contributed by atoms with Crippen molar-refractivity contribution in [3.05, 3.63) is 42.5 Å². The third kappa shape index (κ3) is 2.49. The topological polar surface area (TPSA) is 49.8 Å². The first-order valence-electron chi connectivity index (χ1n) is 6.28. The SMILES string of the molecule is c1ccc(-c2ccc(NC3CCNC3)nn2)cc1. The molecule has 18 heavy (non-hydrogen) atoms. The Balaban J connectivity index is 1.72. The van der Waals surface area contributed by atoms with Gasteiger partial charge in [0.05, 0.1) is 5.69 Å². The Bertz CT molecular complexity index is 489. The fraction of sp³-hybridized carbons (Fsp3) is 0.286. The van der Waals surface area contributed by atoms with E-state index in [2.05, 4.69) is 20.8 Å². The molecule has 92 valence electrons. The average molecular weight is 240 g/mol. The number of rotatable bonds is 3. The van der Waals surface area contributed by atoms with Crippen molar-refractivity contribution in [2.24, 2.45) is 0 Å². The van der Waals surface area contributed by atoms with E-state index in [1.807, 2.05) is 42.5 Å². The molecule has 0 radical (unpaired) electrons. The minimum absolute atomic E-state index is 0.474. The molecule has 4 nitrogen and oxygen atoms in total. The van der Waals surface area contributed by atoms with Gasteiger partial charge in [0.25, 0.3) is 0 Å². The number of aromatic nitrogens is 2. The van der Waals surface area contributed by atoms with Gasteiger partial charge in [-0.15, -0.1) is 10.2 Å². The van der Waals surface area contributed by atoms with Gasteiger partial charge in [0.15, 0.2) is 0 Å². The summed E-state index contributed by atoms with van der Waals surface area (Å²) in [5.41, 5.74) is 2.00. The zero-order valence-corrected chi connectivity index (χ0v) is 10.1. The molecular weight excluding hydrogens is 224 g/mol. The van der Waals surface area contributed by atoms with Crippen LogP contribution in [0.5, 0.6) is 0 Å². The molecule has 0 saturated carbocycles. The van der Waals surface area contributed by atoms with Gasteiger partial charge in [-0.05, 0) is 25.1 Å². The highest BCUT2D eigenvalue weighted by Crippen LogP contribution is 2.16. The summed E-state index contributed by atoms with van der Waals surface area (Å²) in [7, 11) is 0. The fourth-order valence-corrected chi connectivity index (χ4v) is 2.16. The minimum Gasteiger partial charge on any atom is -0.365 e. The molecular formula is C14H16N4. The van der Waals surface area contributed by atoms with Crippen LogP contribution in [0.25, 0.3) is 11.3 Å². The number of hydrogen-bond acceptors (Lipinski definition) is 4. The zero-order chi connectivity index (χ0) is 12.2. The normalized spacial score (nSPS) is 18.8. The van der Waals surface area contributed by atoms with Crippen molar-refractivity contribution in [2.45, 2.75) is 12.5 Å². The molecule has 1 aromatic heterocycles. The van der Waals surface area contributed by atoms with Crippen LogP contribution in [0, 0.1) is 0 Å². The summed E-state index contributed by atoms with van der Waals surface area (Å²) in [5, 5.41) is 15.2. The molecule has 4 heteroatoms. The summed E-state index contributed by atoms with van der Waals surface area (Å²) < 4.78 is 0. The molecule has 3 rings (SSSR count). The maximum absolute atomic E-state index is 4.26. The second-order valence-corrected chi connectivity index (χ2v) is 4.50. The summed E-state index contributed by atoms with van der Waals surface area (Å²) in [4.78, 5) is 0. The summed E-state index contributed by atoms with van der Waals surface area (Å²) in [5.74, 6) is 0.850. The van der Waals surface area contributed by atoms with E-state index in [4.69, 9.17) is 0 Å². The lowest BCUT2D eigenvalue weighted by Gasteiger charge is -2.11. The van der Waals surface area contributed by atoms with Gasteiger partial charge in [0.2, 0.25) is 0 Å². The van der Waals surface area contributed by atoms with Gasteiger partial charge in [-0.2, -0.15) is 0 Å². The molecule has 1 aromatic carbocycles. The highest BCUT2D eigenvalue weighted by Gasteiger charge is 2.14. The lowest BCUT2D eigenvalue weighted by molar-refractivity contribution is 0.783. The molecule has 1 atom stereocenters. The molecule has 2 aromatic rings. The summed E-state index contributed by atoms with van der Waals surface area (Å²) in [6.45, 7) is 2.08. The van der Waals surface area contributed by atoms with E-state index in [1.165, 1.54) is 0 Å². The standard InChI is InChI=1S/C14H16N4/c1-2-4-11(5-3-1)13-6-7-14(18-17-13)16-12-8-9-15-10-12/h1-7,12,15H,8-10H2,(H,16,18). The van der Waals surface area contributed by atoms with Crippen LogP contribution in [0.2, 0.25) is 0 Å². The van der Waals surface area contributed by atoms with Crippen LogP contribution in [-0.4, -0.2) is 29.3 Å². The lowest BCUT2D eigenvalue weighted by Crippen LogP contribution is -2.22. The predicted molar refractivity (Wildman–Crippen MR) is 72.4 cm³/mol.